The summed E-state index contributed by atoms with van der Waals surface area (Å²) in [6, 6.07) is 1.13. The topological polar surface area (TPSA) is 117 Å². The second kappa shape index (κ2) is 7.14. The van der Waals surface area contributed by atoms with Crippen molar-refractivity contribution in [1.82, 2.24) is 9.62 Å². The lowest BCUT2D eigenvalue weighted by Crippen LogP contribution is -2.49. The summed E-state index contributed by atoms with van der Waals surface area (Å²) < 4.78 is 29.8. The number of amides is 1. The van der Waals surface area contributed by atoms with Crippen molar-refractivity contribution in [1.29, 1.82) is 0 Å². The molecule has 8 nitrogen and oxygen atoms in total. The van der Waals surface area contributed by atoms with Gasteiger partial charge in [0.1, 0.15) is 6.26 Å². The van der Waals surface area contributed by atoms with E-state index in [-0.39, 0.29) is 17.1 Å². The van der Waals surface area contributed by atoms with Crippen LogP contribution < -0.4 is 5.32 Å². The van der Waals surface area contributed by atoms with Gasteiger partial charge in [0.2, 0.25) is 5.09 Å². The minimum Gasteiger partial charge on any atom is -0.481 e. The van der Waals surface area contributed by atoms with Gasteiger partial charge in [-0.3, -0.25) is 9.59 Å². The van der Waals surface area contributed by atoms with E-state index in [0.29, 0.717) is 12.8 Å². The molecule has 1 aromatic rings. The Kier molecular flexibility index (Phi) is 5.95. The van der Waals surface area contributed by atoms with Crippen LogP contribution in [0, 0.1) is 0 Å². The molecule has 2 N–H and O–H groups in total. The monoisotopic (exact) mass is 346 g/mol. The highest BCUT2D eigenvalue weighted by Gasteiger charge is 2.32. The number of nitrogens with zero attached hydrogens (tertiary/aromatic N) is 1. The highest BCUT2D eigenvalue weighted by Crippen LogP contribution is 2.22. The maximum absolute atomic E-state index is 12.3. The molecule has 0 bridgehead atoms. The van der Waals surface area contributed by atoms with Crippen LogP contribution in [-0.2, 0) is 14.8 Å². The zero-order valence-corrected chi connectivity index (χ0v) is 14.4. The molecule has 0 saturated heterocycles. The fraction of sp³-hybridized carbons (Fsp3) is 0.571. The third-order valence-electron chi connectivity index (χ3n) is 3.79. The number of aliphatic carboxylic acids is 1. The second-order valence-corrected chi connectivity index (χ2v) is 7.54. The van der Waals surface area contributed by atoms with Crippen molar-refractivity contribution >= 4 is 21.9 Å². The van der Waals surface area contributed by atoms with Gasteiger partial charge in [-0.05, 0) is 12.8 Å². The van der Waals surface area contributed by atoms with Crippen LogP contribution in [0.3, 0.4) is 0 Å². The van der Waals surface area contributed by atoms with Gasteiger partial charge in [-0.2, -0.15) is 0 Å². The van der Waals surface area contributed by atoms with Gasteiger partial charge in [-0.25, -0.2) is 12.7 Å². The Hall–Kier alpha value is -1.87. The summed E-state index contributed by atoms with van der Waals surface area (Å²) in [7, 11) is -1.07. The molecule has 0 unspecified atom stereocenters. The molecule has 1 aromatic heterocycles. The van der Waals surface area contributed by atoms with Crippen LogP contribution in [0.5, 0.6) is 0 Å². The maximum atomic E-state index is 12.3. The molecule has 0 fully saturated rings. The number of hydrogen-bond acceptors (Lipinski definition) is 5. The van der Waals surface area contributed by atoms with Crippen molar-refractivity contribution in [3.8, 4) is 0 Å². The predicted molar refractivity (Wildman–Crippen MR) is 82.6 cm³/mol. The summed E-state index contributed by atoms with van der Waals surface area (Å²) in [6.07, 6.45) is 1.69. The first kappa shape index (κ1) is 19.2. The molecule has 0 aliphatic rings. The highest BCUT2D eigenvalue weighted by atomic mass is 32.2. The van der Waals surface area contributed by atoms with E-state index < -0.39 is 27.4 Å². The zero-order valence-electron chi connectivity index (χ0n) is 13.6. The van der Waals surface area contributed by atoms with Crippen LogP contribution in [0.2, 0.25) is 0 Å². The molecule has 1 heterocycles. The Morgan fingerprint density at radius 2 is 1.87 bits per heavy atom. The first-order chi connectivity index (χ1) is 10.6. The van der Waals surface area contributed by atoms with Crippen molar-refractivity contribution in [3.05, 3.63) is 17.9 Å². The van der Waals surface area contributed by atoms with Gasteiger partial charge in [0, 0.05) is 20.2 Å². The third-order valence-corrected chi connectivity index (χ3v) is 5.48. The third kappa shape index (κ3) is 4.32. The fourth-order valence-corrected chi connectivity index (χ4v) is 2.88. The number of hydrogen-bond donors (Lipinski definition) is 2. The molecule has 0 atom stereocenters. The first-order valence-corrected chi connectivity index (χ1v) is 8.57. The average molecular weight is 346 g/mol. The van der Waals surface area contributed by atoms with Crippen LogP contribution in [0.1, 0.15) is 43.5 Å². The molecule has 0 radical (unpaired) electrons. The van der Waals surface area contributed by atoms with E-state index in [0.717, 1.165) is 16.6 Å². The summed E-state index contributed by atoms with van der Waals surface area (Å²) in [5.41, 5.74) is -0.858. The predicted octanol–water partition coefficient (Wildman–Crippen LogP) is 1.29. The number of carbonyl (C=O) groups is 2. The summed E-state index contributed by atoms with van der Waals surface area (Å²) in [4.78, 5) is 23.3. The van der Waals surface area contributed by atoms with Gasteiger partial charge in [0.15, 0.2) is 0 Å². The molecule has 0 spiro atoms. The quantitative estimate of drug-likeness (QED) is 0.732. The van der Waals surface area contributed by atoms with Crippen LogP contribution in [-0.4, -0.2) is 49.3 Å². The molecule has 0 aliphatic heterocycles. The smallest absolute Gasteiger partial charge is 0.305 e. The molecule has 9 heteroatoms. The van der Waals surface area contributed by atoms with Crippen molar-refractivity contribution in [3.63, 3.8) is 0 Å². The van der Waals surface area contributed by atoms with Crippen LogP contribution >= 0.6 is 0 Å². The van der Waals surface area contributed by atoms with Crippen molar-refractivity contribution in [2.75, 3.05) is 14.1 Å². The normalized spacial score (nSPS) is 12.4. The van der Waals surface area contributed by atoms with Crippen LogP contribution in [0.15, 0.2) is 21.8 Å². The summed E-state index contributed by atoms with van der Waals surface area (Å²) in [6.45, 7) is 3.56. The number of carbonyl (C=O) groups excluding carboxylic acids is 1. The first-order valence-electron chi connectivity index (χ1n) is 7.13. The highest BCUT2D eigenvalue weighted by molar-refractivity contribution is 7.88. The number of carboxylic acid groups (broad SMARTS) is 1. The summed E-state index contributed by atoms with van der Waals surface area (Å²) >= 11 is 0. The van der Waals surface area contributed by atoms with E-state index in [1.54, 1.807) is 13.8 Å². The number of furan rings is 1. The van der Waals surface area contributed by atoms with Gasteiger partial charge < -0.3 is 14.8 Å². The van der Waals surface area contributed by atoms with E-state index in [1.165, 1.54) is 14.1 Å². The van der Waals surface area contributed by atoms with E-state index in [4.69, 9.17) is 9.52 Å². The van der Waals surface area contributed by atoms with Gasteiger partial charge in [-0.15, -0.1) is 0 Å². The van der Waals surface area contributed by atoms with Crippen molar-refractivity contribution < 1.29 is 27.5 Å². The fourth-order valence-electron chi connectivity index (χ4n) is 2.07. The zero-order chi connectivity index (χ0) is 17.8. The Labute approximate surface area is 135 Å². The maximum Gasteiger partial charge on any atom is 0.305 e. The lowest BCUT2D eigenvalue weighted by molar-refractivity contribution is -0.138. The van der Waals surface area contributed by atoms with Gasteiger partial charge in [-0.1, -0.05) is 13.8 Å². The van der Waals surface area contributed by atoms with Crippen molar-refractivity contribution in [2.24, 2.45) is 0 Å². The number of sulfonamides is 1. The Bertz CT molecular complexity index is 673. The van der Waals surface area contributed by atoms with Gasteiger partial charge >= 0.3 is 5.97 Å². The lowest BCUT2D eigenvalue weighted by Gasteiger charge is -2.31. The van der Waals surface area contributed by atoms with Crippen molar-refractivity contribution in [2.45, 2.75) is 43.7 Å². The average Bonchev–Trinajstić information content (AvgIpc) is 2.96. The molecule has 130 valence electrons. The largest absolute Gasteiger partial charge is 0.481 e. The Morgan fingerprint density at radius 1 is 1.30 bits per heavy atom. The number of rotatable bonds is 8. The molecule has 1 amide bonds. The van der Waals surface area contributed by atoms with E-state index in [9.17, 15) is 18.0 Å². The molecule has 0 aromatic carbocycles. The minimum atomic E-state index is -3.77. The Morgan fingerprint density at radius 3 is 2.30 bits per heavy atom. The van der Waals surface area contributed by atoms with Gasteiger partial charge in [0.05, 0.1) is 17.5 Å². The van der Waals surface area contributed by atoms with E-state index in [1.807, 2.05) is 0 Å². The molecule has 1 rings (SSSR count). The molecular weight excluding hydrogens is 324 g/mol. The van der Waals surface area contributed by atoms with E-state index in [2.05, 4.69) is 5.32 Å². The standard InChI is InChI=1S/C14H22N2O6S/c1-5-14(6-2,8-11(17)18)15-13(19)10-7-12(22-9-10)23(20,21)16(3)4/h7,9H,5-6,8H2,1-4H3,(H,15,19)(H,17,18). The summed E-state index contributed by atoms with van der Waals surface area (Å²) in [5, 5.41) is 11.4. The molecule has 23 heavy (non-hydrogen) atoms. The molecule has 0 saturated carbocycles. The number of nitrogens with one attached hydrogen (secondary N) is 1. The Balaban J connectivity index is 3.03. The molecular formula is C14H22N2O6S. The van der Waals surface area contributed by atoms with E-state index >= 15 is 0 Å². The number of carboxylic acids is 1. The minimum absolute atomic E-state index is 0.0297. The second-order valence-electron chi connectivity index (χ2n) is 5.45. The van der Waals surface area contributed by atoms with Gasteiger partial charge in [0.25, 0.3) is 15.9 Å². The summed E-state index contributed by atoms with van der Waals surface area (Å²) in [5.74, 6) is -1.59. The van der Waals surface area contributed by atoms with Crippen LogP contribution in [0.25, 0.3) is 0 Å². The lowest BCUT2D eigenvalue weighted by atomic mass is 9.88. The van der Waals surface area contributed by atoms with Crippen LogP contribution in [0.4, 0.5) is 0 Å². The molecule has 0 aliphatic carbocycles. The SMILES string of the molecule is CCC(CC)(CC(=O)O)NC(=O)c1coc(S(=O)(=O)N(C)C)c1.